The lowest BCUT2D eigenvalue weighted by atomic mass is 10.1. The van der Waals surface area contributed by atoms with Crippen molar-refractivity contribution in [3.63, 3.8) is 0 Å². The maximum Gasteiger partial charge on any atom is 0.229 e. The van der Waals surface area contributed by atoms with Crippen LogP contribution in [0.15, 0.2) is 54.6 Å². The molecule has 2 fully saturated rings. The molecule has 1 atom stereocenters. The van der Waals surface area contributed by atoms with Gasteiger partial charge in [0, 0.05) is 44.0 Å². The normalized spacial score (nSPS) is 19.7. The van der Waals surface area contributed by atoms with Crippen LogP contribution in [-0.4, -0.2) is 49.6 Å². The van der Waals surface area contributed by atoms with Gasteiger partial charge in [-0.25, -0.2) is 0 Å². The molecule has 0 saturated carbocycles. The number of rotatable bonds is 5. The average Bonchev–Trinajstić information content (AvgIpc) is 3.10. The topological polar surface area (TPSA) is 61.9 Å². The smallest absolute Gasteiger partial charge is 0.229 e. The van der Waals surface area contributed by atoms with E-state index in [1.165, 1.54) is 0 Å². The predicted octanol–water partition coefficient (Wildman–Crippen LogP) is 2.51. The van der Waals surface area contributed by atoms with Gasteiger partial charge in [-0.2, -0.15) is 0 Å². The highest BCUT2D eigenvalue weighted by Crippen LogP contribution is 2.23. The SMILES string of the molecule is O=C(Nc1ccc(N2CCOCC2)cc1)[C@@H]1CC(=O)N(Cc2ccccc2)C1. The van der Waals surface area contributed by atoms with E-state index >= 15 is 0 Å². The minimum absolute atomic E-state index is 0.0340. The van der Waals surface area contributed by atoms with Gasteiger partial charge in [-0.15, -0.1) is 0 Å². The minimum Gasteiger partial charge on any atom is -0.378 e. The first kappa shape index (κ1) is 18.5. The van der Waals surface area contributed by atoms with Crippen molar-refractivity contribution in [3.8, 4) is 0 Å². The number of ether oxygens (including phenoxy) is 1. The Hall–Kier alpha value is -2.86. The van der Waals surface area contributed by atoms with Crippen LogP contribution in [0.1, 0.15) is 12.0 Å². The molecule has 0 bridgehead atoms. The third-order valence-corrected chi connectivity index (χ3v) is 5.31. The number of carbonyl (C=O) groups excluding carboxylic acids is 2. The molecule has 0 spiro atoms. The van der Waals surface area contributed by atoms with Crippen LogP contribution in [0.25, 0.3) is 0 Å². The molecule has 2 aliphatic heterocycles. The van der Waals surface area contributed by atoms with Crippen molar-refractivity contribution in [3.05, 3.63) is 60.2 Å². The molecular formula is C22H25N3O3. The van der Waals surface area contributed by atoms with Crippen molar-refractivity contribution in [2.45, 2.75) is 13.0 Å². The van der Waals surface area contributed by atoms with Crippen LogP contribution in [0.4, 0.5) is 11.4 Å². The van der Waals surface area contributed by atoms with E-state index in [0.29, 0.717) is 13.1 Å². The number of benzene rings is 2. The number of nitrogens with zero attached hydrogens (tertiary/aromatic N) is 2. The Kier molecular flexibility index (Phi) is 5.58. The molecule has 2 saturated heterocycles. The second kappa shape index (κ2) is 8.44. The van der Waals surface area contributed by atoms with Crippen LogP contribution in [0.5, 0.6) is 0 Å². The number of hydrogen-bond acceptors (Lipinski definition) is 4. The van der Waals surface area contributed by atoms with Crippen molar-refractivity contribution < 1.29 is 14.3 Å². The maximum absolute atomic E-state index is 12.6. The van der Waals surface area contributed by atoms with Crippen molar-refractivity contribution in [2.24, 2.45) is 5.92 Å². The lowest BCUT2D eigenvalue weighted by Crippen LogP contribution is -2.36. The highest BCUT2D eigenvalue weighted by atomic mass is 16.5. The number of nitrogens with one attached hydrogen (secondary N) is 1. The summed E-state index contributed by atoms with van der Waals surface area (Å²) in [6.07, 6.45) is 0.268. The van der Waals surface area contributed by atoms with Crippen molar-refractivity contribution >= 4 is 23.2 Å². The highest BCUT2D eigenvalue weighted by Gasteiger charge is 2.34. The zero-order valence-corrected chi connectivity index (χ0v) is 15.8. The van der Waals surface area contributed by atoms with Crippen molar-refractivity contribution in [1.29, 1.82) is 0 Å². The summed E-state index contributed by atoms with van der Waals surface area (Å²) >= 11 is 0. The second-order valence-corrected chi connectivity index (χ2v) is 7.30. The Morgan fingerprint density at radius 2 is 1.75 bits per heavy atom. The highest BCUT2D eigenvalue weighted by molar-refractivity contribution is 5.97. The molecule has 2 aromatic carbocycles. The molecular weight excluding hydrogens is 354 g/mol. The number of carbonyl (C=O) groups is 2. The van der Waals surface area contributed by atoms with E-state index in [-0.39, 0.29) is 24.2 Å². The Balaban J connectivity index is 1.33. The number of morpholine rings is 1. The predicted molar refractivity (Wildman–Crippen MR) is 108 cm³/mol. The largest absolute Gasteiger partial charge is 0.378 e. The fraction of sp³-hybridized carbons (Fsp3) is 0.364. The maximum atomic E-state index is 12.6. The van der Waals surface area contributed by atoms with Gasteiger partial charge < -0.3 is 19.9 Å². The molecule has 0 aliphatic carbocycles. The first-order valence-electron chi connectivity index (χ1n) is 9.74. The van der Waals surface area contributed by atoms with E-state index in [2.05, 4.69) is 10.2 Å². The van der Waals surface area contributed by atoms with E-state index in [4.69, 9.17) is 4.74 Å². The van der Waals surface area contributed by atoms with Gasteiger partial charge in [-0.3, -0.25) is 9.59 Å². The van der Waals surface area contributed by atoms with E-state index in [1.54, 1.807) is 4.90 Å². The molecule has 2 aliphatic rings. The molecule has 2 heterocycles. The Bertz CT molecular complexity index is 817. The van der Waals surface area contributed by atoms with Crippen LogP contribution in [0.2, 0.25) is 0 Å². The number of likely N-dealkylation sites (tertiary alicyclic amines) is 1. The molecule has 4 rings (SSSR count). The van der Waals surface area contributed by atoms with Gasteiger partial charge >= 0.3 is 0 Å². The molecule has 0 radical (unpaired) electrons. The van der Waals surface area contributed by atoms with Gasteiger partial charge in [0.2, 0.25) is 11.8 Å². The lowest BCUT2D eigenvalue weighted by molar-refractivity contribution is -0.128. The van der Waals surface area contributed by atoms with Crippen LogP contribution in [0.3, 0.4) is 0 Å². The lowest BCUT2D eigenvalue weighted by Gasteiger charge is -2.28. The van der Waals surface area contributed by atoms with Gasteiger partial charge in [0.05, 0.1) is 19.1 Å². The Labute approximate surface area is 165 Å². The van der Waals surface area contributed by atoms with Crippen molar-refractivity contribution in [2.75, 3.05) is 43.1 Å². The fourth-order valence-electron chi connectivity index (χ4n) is 3.73. The van der Waals surface area contributed by atoms with Gasteiger partial charge in [0.25, 0.3) is 0 Å². The zero-order chi connectivity index (χ0) is 19.3. The molecule has 2 amide bonds. The molecule has 6 nitrogen and oxygen atoms in total. The standard InChI is InChI=1S/C22H25N3O3/c26-21-14-18(16-25(21)15-17-4-2-1-3-5-17)22(27)23-19-6-8-20(9-7-19)24-10-12-28-13-11-24/h1-9,18H,10-16H2,(H,23,27)/t18-/m1/s1. The van der Waals surface area contributed by atoms with E-state index in [9.17, 15) is 9.59 Å². The fourth-order valence-corrected chi connectivity index (χ4v) is 3.73. The number of anilines is 2. The average molecular weight is 379 g/mol. The summed E-state index contributed by atoms with van der Waals surface area (Å²) in [4.78, 5) is 29.0. The van der Waals surface area contributed by atoms with Crippen LogP contribution in [0, 0.1) is 5.92 Å². The summed E-state index contributed by atoms with van der Waals surface area (Å²) < 4.78 is 5.38. The Morgan fingerprint density at radius 1 is 1.04 bits per heavy atom. The zero-order valence-electron chi connectivity index (χ0n) is 15.8. The molecule has 28 heavy (non-hydrogen) atoms. The third kappa shape index (κ3) is 4.34. The minimum atomic E-state index is -0.310. The third-order valence-electron chi connectivity index (χ3n) is 5.31. The van der Waals surface area contributed by atoms with Crippen LogP contribution < -0.4 is 10.2 Å². The summed E-state index contributed by atoms with van der Waals surface area (Å²) in [6.45, 7) is 4.27. The van der Waals surface area contributed by atoms with E-state index in [1.807, 2.05) is 54.6 Å². The molecule has 2 aromatic rings. The van der Waals surface area contributed by atoms with Gasteiger partial charge in [0.15, 0.2) is 0 Å². The van der Waals surface area contributed by atoms with Gasteiger partial charge in [-0.05, 0) is 29.8 Å². The molecule has 1 N–H and O–H groups in total. The van der Waals surface area contributed by atoms with Crippen molar-refractivity contribution in [1.82, 2.24) is 4.90 Å². The summed E-state index contributed by atoms with van der Waals surface area (Å²) in [7, 11) is 0. The summed E-state index contributed by atoms with van der Waals surface area (Å²) in [5, 5.41) is 2.96. The monoisotopic (exact) mass is 379 g/mol. The van der Waals surface area contributed by atoms with Gasteiger partial charge in [-0.1, -0.05) is 30.3 Å². The van der Waals surface area contributed by atoms with E-state index < -0.39 is 0 Å². The Morgan fingerprint density at radius 3 is 2.46 bits per heavy atom. The summed E-state index contributed by atoms with van der Waals surface area (Å²) in [5.74, 6) is -0.371. The first-order chi connectivity index (χ1) is 13.7. The quantitative estimate of drug-likeness (QED) is 0.867. The molecule has 6 heteroatoms. The second-order valence-electron chi connectivity index (χ2n) is 7.30. The first-order valence-corrected chi connectivity index (χ1v) is 9.74. The van der Waals surface area contributed by atoms with Crippen LogP contribution >= 0.6 is 0 Å². The molecule has 146 valence electrons. The van der Waals surface area contributed by atoms with Crippen LogP contribution in [-0.2, 0) is 20.9 Å². The summed E-state index contributed by atoms with van der Waals surface area (Å²) in [6, 6.07) is 17.7. The summed E-state index contributed by atoms with van der Waals surface area (Å²) in [5.41, 5.74) is 2.97. The van der Waals surface area contributed by atoms with E-state index in [0.717, 1.165) is 43.2 Å². The number of amides is 2. The molecule has 0 aromatic heterocycles. The van der Waals surface area contributed by atoms with Gasteiger partial charge in [0.1, 0.15) is 0 Å². The number of hydrogen-bond donors (Lipinski definition) is 1. The molecule has 0 unspecified atom stereocenters.